The third kappa shape index (κ3) is 3.62. The van der Waals surface area contributed by atoms with Gasteiger partial charge in [-0.15, -0.1) is 11.3 Å². The van der Waals surface area contributed by atoms with Crippen LogP contribution in [0.1, 0.15) is 31.2 Å². The fourth-order valence-corrected chi connectivity index (χ4v) is 4.46. The molecule has 0 saturated carbocycles. The van der Waals surface area contributed by atoms with Crippen molar-refractivity contribution in [2.45, 2.75) is 13.8 Å². The number of hydrogen-bond donors (Lipinski definition) is 2. The maximum atomic E-state index is 12.9. The first-order chi connectivity index (χ1) is 14.5. The van der Waals surface area contributed by atoms with Crippen molar-refractivity contribution in [1.82, 2.24) is 9.78 Å². The normalized spacial score (nSPS) is 10.7. The monoisotopic (exact) mass is 416 g/mol. The number of para-hydroxylation sites is 1. The minimum Gasteiger partial charge on any atom is -0.365 e. The second kappa shape index (κ2) is 7.96. The molecule has 0 spiro atoms. The van der Waals surface area contributed by atoms with Crippen molar-refractivity contribution in [3.8, 4) is 16.8 Å². The Morgan fingerprint density at radius 2 is 1.73 bits per heavy atom. The van der Waals surface area contributed by atoms with E-state index in [0.29, 0.717) is 16.1 Å². The molecule has 4 aromatic rings. The van der Waals surface area contributed by atoms with Gasteiger partial charge in [-0.1, -0.05) is 48.5 Å². The van der Waals surface area contributed by atoms with E-state index in [0.717, 1.165) is 27.3 Å². The maximum absolute atomic E-state index is 12.9. The number of carbonyl (C=O) groups is 2. The van der Waals surface area contributed by atoms with Crippen molar-refractivity contribution in [2.75, 3.05) is 5.32 Å². The number of aryl methyl sites for hydroxylation is 2. The third-order valence-corrected chi connectivity index (χ3v) is 5.85. The molecule has 0 saturated heterocycles. The van der Waals surface area contributed by atoms with E-state index in [1.807, 2.05) is 68.4 Å². The molecule has 0 bridgehead atoms. The highest BCUT2D eigenvalue weighted by Gasteiger charge is 2.23. The van der Waals surface area contributed by atoms with E-state index in [-0.39, 0.29) is 5.91 Å². The zero-order valence-corrected chi connectivity index (χ0v) is 17.4. The van der Waals surface area contributed by atoms with Crippen molar-refractivity contribution in [2.24, 2.45) is 5.73 Å². The number of nitrogens with two attached hydrogens (primary N) is 1. The molecular formula is C23H20N4O2S. The number of primary amides is 1. The Morgan fingerprint density at radius 1 is 1.03 bits per heavy atom. The van der Waals surface area contributed by atoms with E-state index in [4.69, 9.17) is 5.73 Å². The summed E-state index contributed by atoms with van der Waals surface area (Å²) >= 11 is 1.33. The first-order valence-corrected chi connectivity index (χ1v) is 10.2. The fourth-order valence-electron chi connectivity index (χ4n) is 3.39. The van der Waals surface area contributed by atoms with E-state index < -0.39 is 5.91 Å². The molecule has 0 aliphatic heterocycles. The van der Waals surface area contributed by atoms with Crippen LogP contribution in [0.25, 0.3) is 16.8 Å². The number of nitrogens with one attached hydrogen (secondary N) is 1. The van der Waals surface area contributed by atoms with Crippen LogP contribution in [0.5, 0.6) is 0 Å². The van der Waals surface area contributed by atoms with Crippen molar-refractivity contribution in [1.29, 1.82) is 0 Å². The van der Waals surface area contributed by atoms with Crippen LogP contribution in [-0.4, -0.2) is 21.6 Å². The molecule has 6 nitrogen and oxygen atoms in total. The topological polar surface area (TPSA) is 90.0 Å². The molecule has 4 rings (SSSR count). The van der Waals surface area contributed by atoms with Crippen LogP contribution in [0.2, 0.25) is 0 Å². The van der Waals surface area contributed by atoms with Crippen molar-refractivity contribution >= 4 is 28.2 Å². The van der Waals surface area contributed by atoms with Gasteiger partial charge < -0.3 is 11.1 Å². The SMILES string of the molecule is Cc1ccccc1-n1cc(C(=O)Nc2sc(C)c(-c3ccccc3)c2C(N)=O)cn1. The van der Waals surface area contributed by atoms with Crippen LogP contribution < -0.4 is 11.1 Å². The van der Waals surface area contributed by atoms with E-state index in [1.165, 1.54) is 17.5 Å². The number of benzene rings is 2. The van der Waals surface area contributed by atoms with Gasteiger partial charge in [0.25, 0.3) is 11.8 Å². The molecule has 150 valence electrons. The molecule has 30 heavy (non-hydrogen) atoms. The lowest BCUT2D eigenvalue weighted by Gasteiger charge is -2.06. The summed E-state index contributed by atoms with van der Waals surface area (Å²) in [5, 5.41) is 7.59. The minimum atomic E-state index is -0.580. The Bertz CT molecular complexity index is 1240. The molecule has 0 atom stereocenters. The van der Waals surface area contributed by atoms with Crippen molar-refractivity contribution < 1.29 is 9.59 Å². The Hall–Kier alpha value is -3.71. The Balaban J connectivity index is 1.66. The predicted molar refractivity (Wildman–Crippen MR) is 119 cm³/mol. The minimum absolute atomic E-state index is 0.323. The number of amides is 2. The molecule has 0 unspecified atom stereocenters. The summed E-state index contributed by atoms with van der Waals surface area (Å²) < 4.78 is 1.66. The van der Waals surface area contributed by atoms with Gasteiger partial charge in [0, 0.05) is 16.6 Å². The second-order valence-electron chi connectivity index (χ2n) is 6.88. The Kier molecular flexibility index (Phi) is 5.20. The molecule has 7 heteroatoms. The van der Waals surface area contributed by atoms with Crippen LogP contribution in [0.15, 0.2) is 67.0 Å². The highest BCUT2D eigenvalue weighted by molar-refractivity contribution is 7.17. The van der Waals surface area contributed by atoms with Gasteiger partial charge in [0.2, 0.25) is 0 Å². The quantitative estimate of drug-likeness (QED) is 0.499. The van der Waals surface area contributed by atoms with Gasteiger partial charge in [-0.25, -0.2) is 4.68 Å². The summed E-state index contributed by atoms with van der Waals surface area (Å²) in [6.07, 6.45) is 3.17. The summed E-state index contributed by atoms with van der Waals surface area (Å²) in [6.45, 7) is 3.89. The average Bonchev–Trinajstić information content (AvgIpc) is 3.34. The zero-order chi connectivity index (χ0) is 21.3. The summed E-state index contributed by atoms with van der Waals surface area (Å²) in [4.78, 5) is 26.0. The predicted octanol–water partition coefficient (Wildman–Crippen LogP) is 4.57. The molecule has 2 aromatic heterocycles. The van der Waals surface area contributed by atoms with Gasteiger partial charge in [0.05, 0.1) is 23.0 Å². The van der Waals surface area contributed by atoms with Crippen LogP contribution in [0, 0.1) is 13.8 Å². The Morgan fingerprint density at radius 3 is 2.43 bits per heavy atom. The van der Waals surface area contributed by atoms with E-state index in [1.54, 1.807) is 10.9 Å². The molecule has 2 heterocycles. The number of anilines is 1. The highest BCUT2D eigenvalue weighted by atomic mass is 32.1. The lowest BCUT2D eigenvalue weighted by atomic mass is 10.0. The molecule has 0 fully saturated rings. The summed E-state index contributed by atoms with van der Waals surface area (Å²) in [5.41, 5.74) is 9.96. The standard InChI is InChI=1S/C23H20N4O2S/c1-14-8-6-7-11-18(14)27-13-17(12-25-27)22(29)26-23-20(21(24)28)19(15(2)30-23)16-9-4-3-5-10-16/h3-13H,1-2H3,(H2,24,28)(H,26,29). The first kappa shape index (κ1) is 19.6. The first-order valence-electron chi connectivity index (χ1n) is 9.36. The van der Waals surface area contributed by atoms with E-state index in [9.17, 15) is 9.59 Å². The molecule has 2 amide bonds. The number of aromatic nitrogens is 2. The van der Waals surface area contributed by atoms with E-state index in [2.05, 4.69) is 10.4 Å². The average molecular weight is 417 g/mol. The summed E-state index contributed by atoms with van der Waals surface area (Å²) in [5.74, 6) is -0.928. The molecule has 0 radical (unpaired) electrons. The second-order valence-corrected chi connectivity index (χ2v) is 8.11. The van der Waals surface area contributed by atoms with Crippen LogP contribution in [-0.2, 0) is 0 Å². The van der Waals surface area contributed by atoms with Gasteiger partial charge in [-0.05, 0) is 31.0 Å². The molecule has 3 N–H and O–H groups in total. The van der Waals surface area contributed by atoms with Crippen LogP contribution >= 0.6 is 11.3 Å². The summed E-state index contributed by atoms with van der Waals surface area (Å²) in [7, 11) is 0. The van der Waals surface area contributed by atoms with Gasteiger partial charge in [0.15, 0.2) is 0 Å². The lowest BCUT2D eigenvalue weighted by molar-refractivity contribution is 0.100. The van der Waals surface area contributed by atoms with Crippen molar-refractivity contribution in [3.05, 3.63) is 88.6 Å². The van der Waals surface area contributed by atoms with Crippen LogP contribution in [0.4, 0.5) is 5.00 Å². The smallest absolute Gasteiger partial charge is 0.259 e. The lowest BCUT2D eigenvalue weighted by Crippen LogP contribution is -2.17. The van der Waals surface area contributed by atoms with Gasteiger partial charge in [0.1, 0.15) is 5.00 Å². The van der Waals surface area contributed by atoms with Gasteiger partial charge >= 0.3 is 0 Å². The van der Waals surface area contributed by atoms with E-state index >= 15 is 0 Å². The third-order valence-electron chi connectivity index (χ3n) is 4.83. The zero-order valence-electron chi connectivity index (χ0n) is 16.5. The van der Waals surface area contributed by atoms with Crippen LogP contribution in [0.3, 0.4) is 0 Å². The number of thiophene rings is 1. The molecule has 2 aromatic carbocycles. The largest absolute Gasteiger partial charge is 0.365 e. The van der Waals surface area contributed by atoms with Crippen molar-refractivity contribution in [3.63, 3.8) is 0 Å². The fraction of sp³-hybridized carbons (Fsp3) is 0.0870. The molecular weight excluding hydrogens is 396 g/mol. The van der Waals surface area contributed by atoms with Gasteiger partial charge in [-0.3, -0.25) is 9.59 Å². The molecule has 0 aliphatic rings. The molecule has 0 aliphatic carbocycles. The number of nitrogens with zero attached hydrogens (tertiary/aromatic N) is 2. The van der Waals surface area contributed by atoms with Gasteiger partial charge in [-0.2, -0.15) is 5.10 Å². The maximum Gasteiger partial charge on any atom is 0.259 e. The number of hydrogen-bond acceptors (Lipinski definition) is 4. The Labute approximate surface area is 178 Å². The highest BCUT2D eigenvalue weighted by Crippen LogP contribution is 2.39. The number of carbonyl (C=O) groups excluding carboxylic acids is 2. The summed E-state index contributed by atoms with van der Waals surface area (Å²) in [6, 6.07) is 17.3. The number of rotatable bonds is 5.